The highest BCUT2D eigenvalue weighted by atomic mass is 16.4. The zero-order valence-electron chi connectivity index (χ0n) is 16.0. The smallest absolute Gasteiger partial charge is 0.216 e. The van der Waals surface area contributed by atoms with Gasteiger partial charge in [-0.15, -0.1) is 0 Å². The number of nitrogens with zero attached hydrogens (tertiary/aromatic N) is 2. The molecule has 0 spiro atoms. The second kappa shape index (κ2) is 8.70. The van der Waals surface area contributed by atoms with Crippen molar-refractivity contribution in [3.05, 3.63) is 53.7 Å². The number of aromatic nitrogens is 1. The van der Waals surface area contributed by atoms with E-state index in [1.807, 2.05) is 6.07 Å². The predicted octanol–water partition coefficient (Wildman–Crippen LogP) is 3.83. The van der Waals surface area contributed by atoms with Gasteiger partial charge in [0.25, 0.3) is 0 Å². The van der Waals surface area contributed by atoms with Crippen LogP contribution in [0.15, 0.2) is 45.9 Å². The summed E-state index contributed by atoms with van der Waals surface area (Å²) in [5, 5.41) is 6.66. The van der Waals surface area contributed by atoms with Crippen molar-refractivity contribution in [2.75, 3.05) is 13.1 Å². The summed E-state index contributed by atoms with van der Waals surface area (Å²) in [6.45, 7) is 12.6. The van der Waals surface area contributed by atoms with Crippen LogP contribution < -0.4 is 10.6 Å². The molecule has 0 saturated carbocycles. The monoisotopic (exact) mass is 342 g/mol. The molecule has 25 heavy (non-hydrogen) atoms. The molecule has 1 atom stereocenters. The van der Waals surface area contributed by atoms with Crippen molar-refractivity contribution in [3.63, 3.8) is 0 Å². The Balaban J connectivity index is 1.95. The first kappa shape index (κ1) is 19.0. The molecule has 2 aromatic rings. The first-order valence-electron chi connectivity index (χ1n) is 8.92. The van der Waals surface area contributed by atoms with Crippen LogP contribution in [0, 0.1) is 0 Å². The van der Waals surface area contributed by atoms with Gasteiger partial charge in [-0.25, -0.2) is 9.98 Å². The average molecular weight is 342 g/mol. The van der Waals surface area contributed by atoms with Gasteiger partial charge in [0.15, 0.2) is 5.96 Å². The number of oxazole rings is 1. The Kier molecular flexibility index (Phi) is 6.62. The minimum absolute atomic E-state index is 0.0389. The van der Waals surface area contributed by atoms with Crippen LogP contribution in [0.25, 0.3) is 0 Å². The zero-order chi connectivity index (χ0) is 18.3. The maximum Gasteiger partial charge on any atom is 0.216 e. The highest BCUT2D eigenvalue weighted by Gasteiger charge is 2.19. The summed E-state index contributed by atoms with van der Waals surface area (Å²) >= 11 is 0. The number of nitrogens with one attached hydrogen (secondary N) is 2. The maximum atomic E-state index is 5.80. The predicted molar refractivity (Wildman–Crippen MR) is 103 cm³/mol. The highest BCUT2D eigenvalue weighted by Crippen LogP contribution is 2.22. The molecule has 0 radical (unpaired) electrons. The Hall–Kier alpha value is -2.30. The summed E-state index contributed by atoms with van der Waals surface area (Å²) < 4.78 is 5.80. The van der Waals surface area contributed by atoms with Crippen molar-refractivity contribution in [1.82, 2.24) is 15.6 Å². The third kappa shape index (κ3) is 5.93. The van der Waals surface area contributed by atoms with Crippen LogP contribution in [0.3, 0.4) is 0 Å². The fourth-order valence-electron chi connectivity index (χ4n) is 2.37. The molecule has 0 aliphatic carbocycles. The molecule has 136 valence electrons. The Labute approximate surface area is 151 Å². The highest BCUT2D eigenvalue weighted by molar-refractivity contribution is 5.79. The minimum Gasteiger partial charge on any atom is -0.443 e. The second-order valence-electron chi connectivity index (χ2n) is 7.26. The minimum atomic E-state index is -0.0389. The lowest BCUT2D eigenvalue weighted by Crippen LogP contribution is -2.39. The molecule has 0 aliphatic rings. The lowest BCUT2D eigenvalue weighted by molar-refractivity contribution is 0.383. The van der Waals surface area contributed by atoms with Gasteiger partial charge in [0.1, 0.15) is 12.3 Å². The third-order valence-electron chi connectivity index (χ3n) is 3.95. The van der Waals surface area contributed by atoms with Crippen LogP contribution in [-0.2, 0) is 12.0 Å². The van der Waals surface area contributed by atoms with E-state index >= 15 is 0 Å². The number of benzene rings is 1. The molecule has 1 aromatic heterocycles. The molecule has 1 aromatic carbocycles. The molecule has 0 fully saturated rings. The van der Waals surface area contributed by atoms with E-state index in [2.05, 4.69) is 79.5 Å². The topological polar surface area (TPSA) is 62.5 Å². The molecular weight excluding hydrogens is 312 g/mol. The summed E-state index contributed by atoms with van der Waals surface area (Å²) in [6, 6.07) is 10.5. The number of hydrogen-bond donors (Lipinski definition) is 2. The molecule has 0 amide bonds. The normalized spacial score (nSPS) is 13.6. The molecule has 1 unspecified atom stereocenters. The molecule has 0 saturated heterocycles. The van der Waals surface area contributed by atoms with Gasteiger partial charge in [0.2, 0.25) is 5.89 Å². The lowest BCUT2D eigenvalue weighted by atomic mass is 9.94. The quantitative estimate of drug-likeness (QED) is 0.619. The van der Waals surface area contributed by atoms with E-state index < -0.39 is 0 Å². The summed E-state index contributed by atoms with van der Waals surface area (Å²) in [7, 11) is 0. The van der Waals surface area contributed by atoms with Crippen molar-refractivity contribution in [1.29, 1.82) is 0 Å². The molecule has 0 bridgehead atoms. The average Bonchev–Trinajstić information content (AvgIpc) is 3.07. The molecule has 2 rings (SSSR count). The van der Waals surface area contributed by atoms with Crippen LogP contribution in [-0.4, -0.2) is 24.0 Å². The van der Waals surface area contributed by atoms with E-state index in [9.17, 15) is 0 Å². The van der Waals surface area contributed by atoms with Crippen LogP contribution >= 0.6 is 0 Å². The van der Waals surface area contributed by atoms with Crippen LogP contribution in [0.2, 0.25) is 0 Å². The summed E-state index contributed by atoms with van der Waals surface area (Å²) in [4.78, 5) is 8.91. The van der Waals surface area contributed by atoms with Gasteiger partial charge < -0.3 is 15.1 Å². The van der Waals surface area contributed by atoms with Gasteiger partial charge in [-0.2, -0.15) is 0 Å². The lowest BCUT2D eigenvalue weighted by Gasteiger charge is -2.16. The van der Waals surface area contributed by atoms with E-state index in [0.717, 1.165) is 24.8 Å². The van der Waals surface area contributed by atoms with Gasteiger partial charge in [-0.3, -0.25) is 0 Å². The molecule has 5 nitrogen and oxygen atoms in total. The molecular formula is C20H30N4O. The van der Waals surface area contributed by atoms with E-state index in [-0.39, 0.29) is 5.41 Å². The SMILES string of the molecule is CCNC(=NCc1ncc(C(C)(C)C)o1)NCC(C)c1ccccc1. The summed E-state index contributed by atoms with van der Waals surface area (Å²) in [5.74, 6) is 2.70. The second-order valence-corrected chi connectivity index (χ2v) is 7.26. The fraction of sp³-hybridized carbons (Fsp3) is 0.500. The van der Waals surface area contributed by atoms with E-state index in [4.69, 9.17) is 4.42 Å². The first-order valence-corrected chi connectivity index (χ1v) is 8.92. The summed E-state index contributed by atoms with van der Waals surface area (Å²) in [6.07, 6.45) is 1.79. The van der Waals surface area contributed by atoms with E-state index in [1.165, 1.54) is 5.56 Å². The number of guanidine groups is 1. The van der Waals surface area contributed by atoms with E-state index in [0.29, 0.717) is 18.4 Å². The van der Waals surface area contributed by atoms with Crippen LogP contribution in [0.1, 0.15) is 57.8 Å². The first-order chi connectivity index (χ1) is 11.9. The Morgan fingerprint density at radius 1 is 1.20 bits per heavy atom. The van der Waals surface area contributed by atoms with Crippen LogP contribution in [0.4, 0.5) is 0 Å². The molecule has 2 N–H and O–H groups in total. The van der Waals surface area contributed by atoms with Gasteiger partial charge >= 0.3 is 0 Å². The van der Waals surface area contributed by atoms with E-state index in [1.54, 1.807) is 6.20 Å². The number of aliphatic imine (C=N–C) groups is 1. The Morgan fingerprint density at radius 2 is 1.92 bits per heavy atom. The van der Waals surface area contributed by atoms with Crippen molar-refractivity contribution in [2.24, 2.45) is 4.99 Å². The standard InChI is InChI=1S/C20H30N4O/c1-6-21-19(23-12-15(2)16-10-8-7-9-11-16)24-14-18-22-13-17(25-18)20(3,4)5/h7-11,13,15H,6,12,14H2,1-5H3,(H2,21,23,24). The molecule has 1 heterocycles. The molecule has 0 aliphatic heterocycles. The van der Waals surface area contributed by atoms with Crippen LogP contribution in [0.5, 0.6) is 0 Å². The number of hydrogen-bond acceptors (Lipinski definition) is 3. The van der Waals surface area contributed by atoms with Gasteiger partial charge in [0.05, 0.1) is 6.20 Å². The zero-order valence-corrected chi connectivity index (χ0v) is 16.0. The third-order valence-corrected chi connectivity index (χ3v) is 3.95. The largest absolute Gasteiger partial charge is 0.443 e. The van der Waals surface area contributed by atoms with Crippen molar-refractivity contribution < 1.29 is 4.42 Å². The van der Waals surface area contributed by atoms with Crippen molar-refractivity contribution in [3.8, 4) is 0 Å². The van der Waals surface area contributed by atoms with Crippen molar-refractivity contribution >= 4 is 5.96 Å². The van der Waals surface area contributed by atoms with Gasteiger partial charge in [0, 0.05) is 18.5 Å². The Bertz CT molecular complexity index is 671. The van der Waals surface area contributed by atoms with Crippen molar-refractivity contribution in [2.45, 2.75) is 52.5 Å². The Morgan fingerprint density at radius 3 is 2.52 bits per heavy atom. The molecule has 5 heteroatoms. The fourth-order valence-corrected chi connectivity index (χ4v) is 2.37. The maximum absolute atomic E-state index is 5.80. The summed E-state index contributed by atoms with van der Waals surface area (Å²) in [5.41, 5.74) is 1.27. The van der Waals surface area contributed by atoms with Gasteiger partial charge in [-0.1, -0.05) is 58.0 Å². The van der Waals surface area contributed by atoms with Gasteiger partial charge in [-0.05, 0) is 18.4 Å². The number of rotatable bonds is 6.